The van der Waals surface area contributed by atoms with E-state index in [9.17, 15) is 9.59 Å². The molecule has 2 aromatic rings. The van der Waals surface area contributed by atoms with E-state index in [1.165, 1.54) is 7.11 Å². The van der Waals surface area contributed by atoms with Gasteiger partial charge in [0.2, 0.25) is 0 Å². The van der Waals surface area contributed by atoms with Gasteiger partial charge in [0.25, 0.3) is 0 Å². The van der Waals surface area contributed by atoms with Crippen molar-refractivity contribution in [3.63, 3.8) is 0 Å². The molecular formula is C21H26N4O4. The van der Waals surface area contributed by atoms with Crippen LogP contribution in [0.15, 0.2) is 42.7 Å². The molecular weight excluding hydrogens is 372 g/mol. The minimum Gasteiger partial charge on any atom is -0.497 e. The molecule has 0 radical (unpaired) electrons. The van der Waals surface area contributed by atoms with Crippen LogP contribution in [-0.2, 0) is 9.59 Å². The Balaban J connectivity index is 1.46. The van der Waals surface area contributed by atoms with Gasteiger partial charge in [-0.05, 0) is 43.0 Å². The lowest BCUT2D eigenvalue weighted by molar-refractivity contribution is -0.136. The predicted molar refractivity (Wildman–Crippen MR) is 110 cm³/mol. The van der Waals surface area contributed by atoms with Crippen LogP contribution in [0, 0.1) is 5.92 Å². The zero-order valence-corrected chi connectivity index (χ0v) is 16.7. The fourth-order valence-electron chi connectivity index (χ4n) is 3.33. The Hall–Kier alpha value is -3.29. The Morgan fingerprint density at radius 2 is 1.93 bits per heavy atom. The summed E-state index contributed by atoms with van der Waals surface area (Å²) in [4.78, 5) is 30.9. The highest BCUT2D eigenvalue weighted by Crippen LogP contribution is 2.29. The SMILES string of the molecule is COc1ccc(NC(=O)C(=O)NCC2CCN(c3cccnc3)CC2)c(OC)c1. The molecule has 1 aromatic carbocycles. The van der Waals surface area contributed by atoms with E-state index in [0.717, 1.165) is 31.6 Å². The molecule has 0 spiro atoms. The number of nitrogens with one attached hydrogen (secondary N) is 2. The van der Waals surface area contributed by atoms with Gasteiger partial charge in [0.15, 0.2) is 0 Å². The topological polar surface area (TPSA) is 92.8 Å². The van der Waals surface area contributed by atoms with Crippen molar-refractivity contribution in [2.75, 3.05) is 44.1 Å². The van der Waals surface area contributed by atoms with Gasteiger partial charge in [-0.1, -0.05) is 0 Å². The molecule has 8 nitrogen and oxygen atoms in total. The quantitative estimate of drug-likeness (QED) is 0.724. The summed E-state index contributed by atoms with van der Waals surface area (Å²) in [5, 5.41) is 5.32. The molecule has 0 unspecified atom stereocenters. The molecule has 0 bridgehead atoms. The van der Waals surface area contributed by atoms with Crippen LogP contribution in [0.1, 0.15) is 12.8 Å². The van der Waals surface area contributed by atoms with Crippen molar-refractivity contribution < 1.29 is 19.1 Å². The second-order valence-corrected chi connectivity index (χ2v) is 6.87. The Morgan fingerprint density at radius 3 is 2.59 bits per heavy atom. The second-order valence-electron chi connectivity index (χ2n) is 6.87. The normalized spacial score (nSPS) is 14.2. The number of rotatable bonds is 6. The summed E-state index contributed by atoms with van der Waals surface area (Å²) < 4.78 is 10.4. The Morgan fingerprint density at radius 1 is 1.14 bits per heavy atom. The minimum atomic E-state index is -0.721. The highest BCUT2D eigenvalue weighted by Gasteiger charge is 2.22. The number of anilines is 2. The molecule has 3 rings (SSSR count). The molecule has 1 saturated heterocycles. The maximum atomic E-state index is 12.2. The molecule has 0 atom stereocenters. The molecule has 154 valence electrons. The number of hydrogen-bond acceptors (Lipinski definition) is 6. The Bertz CT molecular complexity index is 836. The molecule has 2 heterocycles. The molecule has 1 aromatic heterocycles. The Kier molecular flexibility index (Phi) is 6.89. The summed E-state index contributed by atoms with van der Waals surface area (Å²) >= 11 is 0. The first-order valence-electron chi connectivity index (χ1n) is 9.57. The average Bonchev–Trinajstić information content (AvgIpc) is 2.78. The van der Waals surface area contributed by atoms with Crippen LogP contribution in [0.5, 0.6) is 11.5 Å². The fourth-order valence-corrected chi connectivity index (χ4v) is 3.33. The highest BCUT2D eigenvalue weighted by molar-refractivity contribution is 6.39. The number of pyridine rings is 1. The molecule has 0 saturated carbocycles. The molecule has 2 amide bonds. The van der Waals surface area contributed by atoms with E-state index in [1.807, 2.05) is 18.3 Å². The number of amides is 2. The summed E-state index contributed by atoms with van der Waals surface area (Å²) in [6.07, 6.45) is 5.52. The van der Waals surface area contributed by atoms with Gasteiger partial charge < -0.3 is 25.0 Å². The third-order valence-corrected chi connectivity index (χ3v) is 5.04. The van der Waals surface area contributed by atoms with Crippen LogP contribution in [0.4, 0.5) is 11.4 Å². The van der Waals surface area contributed by atoms with Crippen molar-refractivity contribution in [2.45, 2.75) is 12.8 Å². The lowest BCUT2D eigenvalue weighted by Gasteiger charge is -2.33. The fraction of sp³-hybridized carbons (Fsp3) is 0.381. The second kappa shape index (κ2) is 9.77. The summed E-state index contributed by atoms with van der Waals surface area (Å²) in [6.45, 7) is 2.29. The van der Waals surface area contributed by atoms with Crippen LogP contribution in [0.2, 0.25) is 0 Å². The highest BCUT2D eigenvalue weighted by atomic mass is 16.5. The number of ether oxygens (including phenoxy) is 2. The van der Waals surface area contributed by atoms with Crippen molar-refractivity contribution in [3.8, 4) is 11.5 Å². The summed E-state index contributed by atoms with van der Waals surface area (Å²) in [5.74, 6) is -0.00998. The van der Waals surface area contributed by atoms with E-state index in [0.29, 0.717) is 29.6 Å². The van der Waals surface area contributed by atoms with Gasteiger partial charge in [0.1, 0.15) is 11.5 Å². The molecule has 2 N–H and O–H groups in total. The van der Waals surface area contributed by atoms with Crippen molar-refractivity contribution >= 4 is 23.2 Å². The molecule has 29 heavy (non-hydrogen) atoms. The monoisotopic (exact) mass is 398 g/mol. The molecule has 1 aliphatic rings. The van der Waals surface area contributed by atoms with Gasteiger partial charge in [0.05, 0.1) is 31.8 Å². The van der Waals surface area contributed by atoms with Gasteiger partial charge >= 0.3 is 11.8 Å². The van der Waals surface area contributed by atoms with Crippen LogP contribution >= 0.6 is 0 Å². The van der Waals surface area contributed by atoms with Gasteiger partial charge in [-0.3, -0.25) is 14.6 Å². The van der Waals surface area contributed by atoms with Crippen LogP contribution in [0.25, 0.3) is 0 Å². The first-order valence-corrected chi connectivity index (χ1v) is 9.57. The summed E-state index contributed by atoms with van der Waals surface area (Å²) in [6, 6.07) is 8.94. The zero-order valence-electron chi connectivity index (χ0n) is 16.7. The molecule has 0 aliphatic carbocycles. The van der Waals surface area contributed by atoms with Crippen molar-refractivity contribution in [3.05, 3.63) is 42.7 Å². The third kappa shape index (κ3) is 5.37. The van der Waals surface area contributed by atoms with Crippen LogP contribution in [0.3, 0.4) is 0 Å². The smallest absolute Gasteiger partial charge is 0.313 e. The number of nitrogens with zero attached hydrogens (tertiary/aromatic N) is 2. The number of methoxy groups -OCH3 is 2. The predicted octanol–water partition coefficient (Wildman–Crippen LogP) is 2.07. The average molecular weight is 398 g/mol. The number of piperidine rings is 1. The third-order valence-electron chi connectivity index (χ3n) is 5.04. The minimum absolute atomic E-state index is 0.343. The number of carbonyl (C=O) groups excluding carboxylic acids is 2. The molecule has 1 aliphatic heterocycles. The maximum absolute atomic E-state index is 12.2. The van der Waals surface area contributed by atoms with Gasteiger partial charge in [-0.2, -0.15) is 0 Å². The first-order chi connectivity index (χ1) is 14.1. The van der Waals surface area contributed by atoms with Crippen molar-refractivity contribution in [2.24, 2.45) is 5.92 Å². The molecule has 1 fully saturated rings. The maximum Gasteiger partial charge on any atom is 0.313 e. The zero-order chi connectivity index (χ0) is 20.6. The van der Waals surface area contributed by atoms with E-state index < -0.39 is 11.8 Å². The first kappa shape index (κ1) is 20.4. The lowest BCUT2D eigenvalue weighted by atomic mass is 9.96. The van der Waals surface area contributed by atoms with E-state index in [2.05, 4.69) is 20.5 Å². The van der Waals surface area contributed by atoms with Crippen molar-refractivity contribution in [1.82, 2.24) is 10.3 Å². The van der Waals surface area contributed by atoms with Gasteiger partial charge in [-0.15, -0.1) is 0 Å². The standard InChI is InChI=1S/C21H26N4O4/c1-28-17-5-6-18(19(12-17)29-2)24-21(27)20(26)23-13-15-7-10-25(11-8-15)16-4-3-9-22-14-16/h3-6,9,12,14-15H,7-8,10-11,13H2,1-2H3,(H,23,26)(H,24,27). The lowest BCUT2D eigenvalue weighted by Crippen LogP contribution is -2.41. The Labute approximate surface area is 170 Å². The van der Waals surface area contributed by atoms with Crippen LogP contribution < -0.4 is 25.0 Å². The summed E-state index contributed by atoms with van der Waals surface area (Å²) in [7, 11) is 3.03. The van der Waals surface area contributed by atoms with E-state index >= 15 is 0 Å². The van der Waals surface area contributed by atoms with E-state index in [-0.39, 0.29) is 0 Å². The number of benzene rings is 1. The van der Waals surface area contributed by atoms with Gasteiger partial charge in [-0.25, -0.2) is 0 Å². The van der Waals surface area contributed by atoms with Crippen molar-refractivity contribution in [1.29, 1.82) is 0 Å². The number of carbonyl (C=O) groups is 2. The number of hydrogen-bond donors (Lipinski definition) is 2. The summed E-state index contributed by atoms with van der Waals surface area (Å²) in [5.41, 5.74) is 1.53. The van der Waals surface area contributed by atoms with E-state index in [1.54, 1.807) is 31.5 Å². The molecule has 8 heteroatoms. The van der Waals surface area contributed by atoms with E-state index in [4.69, 9.17) is 9.47 Å². The van der Waals surface area contributed by atoms with Crippen LogP contribution in [-0.4, -0.2) is 50.7 Å². The number of aromatic nitrogens is 1. The van der Waals surface area contributed by atoms with Gasteiger partial charge in [0, 0.05) is 31.9 Å². The largest absolute Gasteiger partial charge is 0.497 e.